The van der Waals surface area contributed by atoms with Gasteiger partial charge in [-0.2, -0.15) is 16.8 Å². The summed E-state index contributed by atoms with van der Waals surface area (Å²) in [6.45, 7) is -0.411. The third kappa shape index (κ3) is 2.40. The predicted molar refractivity (Wildman–Crippen MR) is 43.9 cm³/mol. The smallest absolute Gasteiger partial charge is 0.296 e. The van der Waals surface area contributed by atoms with E-state index in [1.54, 1.807) is 0 Å². The number of nitrogens with zero attached hydrogens (tertiary/aromatic N) is 2. The van der Waals surface area contributed by atoms with Gasteiger partial charge >= 0.3 is 20.6 Å². The number of nitrogens with one attached hydrogen (secondary N) is 1. The zero-order valence-corrected chi connectivity index (χ0v) is 8.23. The van der Waals surface area contributed by atoms with Crippen LogP contribution in [-0.2, 0) is 20.6 Å². The third-order valence-corrected chi connectivity index (χ3v) is 2.94. The van der Waals surface area contributed by atoms with Gasteiger partial charge in [-0.15, -0.1) is 0 Å². The first-order valence-electron chi connectivity index (χ1n) is 3.17. The molecule has 0 saturated heterocycles. The van der Waals surface area contributed by atoms with Crippen LogP contribution in [0.15, 0.2) is 12.3 Å². The highest BCUT2D eigenvalue weighted by Gasteiger charge is 2.35. The van der Waals surface area contributed by atoms with E-state index in [0.29, 0.717) is 0 Å². The maximum absolute atomic E-state index is 10.6. The van der Waals surface area contributed by atoms with Crippen LogP contribution >= 0.6 is 0 Å². The van der Waals surface area contributed by atoms with Crippen LogP contribution in [0.4, 0.5) is 0 Å². The number of hydrazine groups is 2. The SMILES string of the molecule is O=S(=O)(O)N1CC=CNN1S(=O)(=O)O. The van der Waals surface area contributed by atoms with Crippen LogP contribution < -0.4 is 5.43 Å². The fraction of sp³-hybridized carbons (Fsp3) is 0.333. The van der Waals surface area contributed by atoms with Gasteiger partial charge in [0.1, 0.15) is 0 Å². The van der Waals surface area contributed by atoms with Crippen molar-refractivity contribution in [3.05, 3.63) is 12.3 Å². The predicted octanol–water partition coefficient (Wildman–Crippen LogP) is -1.86. The van der Waals surface area contributed by atoms with E-state index >= 15 is 0 Å². The van der Waals surface area contributed by atoms with Crippen molar-refractivity contribution in [1.82, 2.24) is 14.4 Å². The van der Waals surface area contributed by atoms with Gasteiger partial charge < -0.3 is 0 Å². The number of hydrogen-bond donors (Lipinski definition) is 3. The summed E-state index contributed by atoms with van der Waals surface area (Å²) in [4.78, 5) is 0. The first-order chi connectivity index (χ1) is 6.23. The lowest BCUT2D eigenvalue weighted by atomic mass is 10.6. The largest absolute Gasteiger partial charge is 0.368 e. The van der Waals surface area contributed by atoms with Crippen molar-refractivity contribution in [2.75, 3.05) is 6.54 Å². The monoisotopic (exact) mass is 245 g/mol. The van der Waals surface area contributed by atoms with Crippen LogP contribution in [0.1, 0.15) is 0 Å². The first-order valence-corrected chi connectivity index (χ1v) is 5.96. The van der Waals surface area contributed by atoms with Gasteiger partial charge in [0, 0.05) is 6.20 Å². The number of hydrogen-bond acceptors (Lipinski definition) is 5. The van der Waals surface area contributed by atoms with Crippen LogP contribution in [0.2, 0.25) is 0 Å². The van der Waals surface area contributed by atoms with E-state index in [1.165, 1.54) is 6.08 Å². The Morgan fingerprint density at radius 3 is 2.07 bits per heavy atom. The molecule has 0 amide bonds. The highest BCUT2D eigenvalue weighted by atomic mass is 32.2. The highest BCUT2D eigenvalue weighted by Crippen LogP contribution is 2.09. The van der Waals surface area contributed by atoms with Crippen molar-refractivity contribution in [3.8, 4) is 0 Å². The Balaban J connectivity index is 3.12. The molecule has 1 aliphatic rings. The number of rotatable bonds is 2. The van der Waals surface area contributed by atoms with E-state index in [2.05, 4.69) is 0 Å². The molecular formula is C3H7N3O6S2. The molecular weight excluding hydrogens is 238 g/mol. The topological polar surface area (TPSA) is 127 Å². The van der Waals surface area contributed by atoms with Gasteiger partial charge in [-0.25, -0.2) is 0 Å². The summed E-state index contributed by atoms with van der Waals surface area (Å²) >= 11 is 0. The Hall–Kier alpha value is -0.720. The minimum absolute atomic E-state index is 0.0301. The second kappa shape index (κ2) is 3.45. The molecule has 1 heterocycles. The molecule has 0 fully saturated rings. The maximum Gasteiger partial charge on any atom is 0.368 e. The maximum atomic E-state index is 10.6. The molecule has 0 unspecified atom stereocenters. The molecule has 0 aromatic heterocycles. The van der Waals surface area contributed by atoms with Gasteiger partial charge in [-0.1, -0.05) is 10.5 Å². The summed E-state index contributed by atoms with van der Waals surface area (Å²) in [7, 11) is -9.55. The van der Waals surface area contributed by atoms with Crippen molar-refractivity contribution in [3.63, 3.8) is 0 Å². The normalized spacial score (nSPS) is 20.7. The molecule has 0 radical (unpaired) electrons. The van der Waals surface area contributed by atoms with Crippen molar-refractivity contribution >= 4 is 20.6 Å². The summed E-state index contributed by atoms with van der Waals surface area (Å²) in [6.07, 6.45) is 2.32. The Kier molecular flexibility index (Phi) is 2.80. The molecule has 9 nitrogen and oxygen atoms in total. The molecule has 0 aliphatic carbocycles. The summed E-state index contributed by atoms with van der Waals surface area (Å²) in [5, 5.41) is 0. The second-order valence-corrected chi connectivity index (χ2v) is 4.79. The minimum atomic E-state index is -4.80. The quantitative estimate of drug-likeness (QED) is 0.487. The van der Waals surface area contributed by atoms with Gasteiger partial charge in [-0.05, 0) is 4.52 Å². The zero-order valence-electron chi connectivity index (χ0n) is 6.60. The van der Waals surface area contributed by atoms with Gasteiger partial charge in [0.05, 0.1) is 6.54 Å². The van der Waals surface area contributed by atoms with Crippen molar-refractivity contribution < 1.29 is 25.9 Å². The summed E-state index contributed by atoms with van der Waals surface area (Å²) < 4.78 is 59.6. The molecule has 82 valence electrons. The lowest BCUT2D eigenvalue weighted by molar-refractivity contribution is 0.0996. The van der Waals surface area contributed by atoms with Gasteiger partial charge in [0.15, 0.2) is 0 Å². The van der Waals surface area contributed by atoms with E-state index in [-0.39, 0.29) is 8.94 Å². The average Bonchev–Trinajstić information content (AvgIpc) is 2.01. The lowest BCUT2D eigenvalue weighted by Gasteiger charge is -2.29. The van der Waals surface area contributed by atoms with Crippen LogP contribution in [0.25, 0.3) is 0 Å². The van der Waals surface area contributed by atoms with E-state index in [1.807, 2.05) is 5.43 Å². The molecule has 1 rings (SSSR count). The van der Waals surface area contributed by atoms with Crippen molar-refractivity contribution in [2.24, 2.45) is 0 Å². The Bertz CT molecular complexity index is 395. The highest BCUT2D eigenvalue weighted by molar-refractivity contribution is 7.86. The molecule has 11 heteroatoms. The van der Waals surface area contributed by atoms with Crippen LogP contribution in [0.3, 0.4) is 0 Å². The summed E-state index contributed by atoms with van der Waals surface area (Å²) in [5.41, 5.74) is 1.92. The molecule has 1 aliphatic heterocycles. The lowest BCUT2D eigenvalue weighted by Crippen LogP contribution is -2.56. The summed E-state index contributed by atoms with van der Waals surface area (Å²) in [5.74, 6) is 0. The molecule has 14 heavy (non-hydrogen) atoms. The van der Waals surface area contributed by atoms with Crippen molar-refractivity contribution in [1.29, 1.82) is 0 Å². The molecule has 3 N–H and O–H groups in total. The Morgan fingerprint density at radius 1 is 1.14 bits per heavy atom. The second-order valence-electron chi connectivity index (χ2n) is 2.23. The molecule has 0 spiro atoms. The van der Waals surface area contributed by atoms with E-state index in [9.17, 15) is 16.8 Å². The molecule has 0 saturated carbocycles. The molecule has 0 aromatic carbocycles. The molecule has 0 aromatic rings. The van der Waals surface area contributed by atoms with E-state index < -0.39 is 27.2 Å². The van der Waals surface area contributed by atoms with Crippen LogP contribution in [-0.4, -0.2) is 41.4 Å². The Morgan fingerprint density at radius 2 is 1.71 bits per heavy atom. The molecule has 0 atom stereocenters. The fourth-order valence-electron chi connectivity index (χ4n) is 0.767. The van der Waals surface area contributed by atoms with Gasteiger partial charge in [0.2, 0.25) is 0 Å². The average molecular weight is 245 g/mol. The zero-order chi connectivity index (χ0) is 11.0. The standard InChI is InChI=1S/C3H7N3O6S2/c7-13(8,9)5-3-1-2-4-6(5)14(10,11)12/h1-2,4H,3H2,(H,7,8,9)(H,10,11,12). The Labute approximate surface area is 80.3 Å². The van der Waals surface area contributed by atoms with E-state index in [4.69, 9.17) is 9.11 Å². The van der Waals surface area contributed by atoms with Gasteiger partial charge in [0.25, 0.3) is 0 Å². The summed E-state index contributed by atoms with van der Waals surface area (Å²) in [6, 6.07) is 0. The van der Waals surface area contributed by atoms with Crippen LogP contribution in [0, 0.1) is 0 Å². The van der Waals surface area contributed by atoms with Crippen molar-refractivity contribution in [2.45, 2.75) is 0 Å². The molecule has 0 bridgehead atoms. The van der Waals surface area contributed by atoms with E-state index in [0.717, 1.165) is 6.20 Å². The van der Waals surface area contributed by atoms with Crippen LogP contribution in [0.5, 0.6) is 0 Å². The third-order valence-electron chi connectivity index (χ3n) is 1.25. The van der Waals surface area contributed by atoms with Gasteiger partial charge in [-0.3, -0.25) is 14.5 Å². The first kappa shape index (κ1) is 11.4. The fourth-order valence-corrected chi connectivity index (χ4v) is 2.27. The minimum Gasteiger partial charge on any atom is -0.296 e.